The average molecular weight is 276 g/mol. The number of benzene rings is 1. The summed E-state index contributed by atoms with van der Waals surface area (Å²) >= 11 is 0. The van der Waals surface area contributed by atoms with E-state index in [9.17, 15) is 13.2 Å². The van der Waals surface area contributed by atoms with Gasteiger partial charge in [-0.2, -0.15) is 13.2 Å². The first kappa shape index (κ1) is 15.6. The topological polar surface area (TPSA) is 47.3 Å². The fraction of sp³-hybridized carbons (Fsp3) is 0.538. The van der Waals surface area contributed by atoms with E-state index in [4.69, 9.17) is 10.5 Å². The molecule has 3 N–H and O–H groups in total. The molecule has 0 spiro atoms. The Balaban J connectivity index is 2.47. The maximum Gasteiger partial charge on any atom is 0.416 e. The lowest BCUT2D eigenvalue weighted by Gasteiger charge is -2.13. The third-order valence-electron chi connectivity index (χ3n) is 2.39. The van der Waals surface area contributed by atoms with E-state index in [0.29, 0.717) is 31.4 Å². The van der Waals surface area contributed by atoms with Gasteiger partial charge >= 0.3 is 6.18 Å². The molecule has 6 heteroatoms. The van der Waals surface area contributed by atoms with E-state index in [1.54, 1.807) is 0 Å². The zero-order chi connectivity index (χ0) is 14.5. The minimum atomic E-state index is -4.37. The molecule has 108 valence electrons. The van der Waals surface area contributed by atoms with Crippen molar-refractivity contribution in [3.05, 3.63) is 23.8 Å². The van der Waals surface area contributed by atoms with Gasteiger partial charge in [0.05, 0.1) is 23.5 Å². The first-order valence-electron chi connectivity index (χ1n) is 6.09. The second kappa shape index (κ2) is 6.65. The largest absolute Gasteiger partial charge is 0.416 e. The van der Waals surface area contributed by atoms with Crippen molar-refractivity contribution < 1.29 is 17.9 Å². The zero-order valence-corrected chi connectivity index (χ0v) is 11.1. The number of nitrogens with two attached hydrogens (primary N) is 1. The maximum atomic E-state index is 12.4. The first-order valence-corrected chi connectivity index (χ1v) is 6.09. The van der Waals surface area contributed by atoms with Crippen molar-refractivity contribution in [3.8, 4) is 0 Å². The summed E-state index contributed by atoms with van der Waals surface area (Å²) in [7, 11) is 0. The summed E-state index contributed by atoms with van der Waals surface area (Å²) in [6.45, 7) is 5.73. The molecule has 3 nitrogen and oxygen atoms in total. The Hall–Kier alpha value is -1.43. The summed E-state index contributed by atoms with van der Waals surface area (Å²) < 4.78 is 42.6. The fourth-order valence-corrected chi connectivity index (χ4v) is 1.48. The predicted octanol–water partition coefficient (Wildman–Crippen LogP) is 3.37. The van der Waals surface area contributed by atoms with Gasteiger partial charge in [-0.15, -0.1) is 0 Å². The van der Waals surface area contributed by atoms with Crippen LogP contribution in [0.2, 0.25) is 0 Å². The highest BCUT2D eigenvalue weighted by Crippen LogP contribution is 2.32. The number of hydrogen-bond donors (Lipinski definition) is 2. The number of ether oxygens (including phenoxy) is 1. The van der Waals surface area contributed by atoms with Crippen LogP contribution >= 0.6 is 0 Å². The van der Waals surface area contributed by atoms with Gasteiger partial charge in [-0.25, -0.2) is 0 Å². The van der Waals surface area contributed by atoms with Crippen LogP contribution in [0.1, 0.15) is 19.4 Å². The summed E-state index contributed by atoms with van der Waals surface area (Å²) in [6, 6.07) is 3.27. The molecule has 19 heavy (non-hydrogen) atoms. The first-order chi connectivity index (χ1) is 8.80. The smallest absolute Gasteiger partial charge is 0.397 e. The van der Waals surface area contributed by atoms with Crippen molar-refractivity contribution in [1.82, 2.24) is 0 Å². The Kier molecular flexibility index (Phi) is 5.47. The molecule has 0 bridgehead atoms. The molecule has 0 fully saturated rings. The molecule has 0 unspecified atom stereocenters. The summed E-state index contributed by atoms with van der Waals surface area (Å²) in [6.07, 6.45) is -4.37. The van der Waals surface area contributed by atoms with E-state index >= 15 is 0 Å². The average Bonchev–Trinajstić information content (AvgIpc) is 2.28. The number of nitrogen functional groups attached to an aromatic ring is 1. The molecule has 1 aromatic rings. The van der Waals surface area contributed by atoms with Crippen molar-refractivity contribution in [2.24, 2.45) is 5.92 Å². The molecule has 0 heterocycles. The molecule has 1 aromatic carbocycles. The van der Waals surface area contributed by atoms with E-state index in [-0.39, 0.29) is 5.69 Å². The fourth-order valence-electron chi connectivity index (χ4n) is 1.48. The van der Waals surface area contributed by atoms with Crippen LogP contribution in [0.5, 0.6) is 0 Å². The molecule has 0 amide bonds. The Morgan fingerprint density at radius 2 is 2.00 bits per heavy atom. The minimum absolute atomic E-state index is 0.0821. The lowest BCUT2D eigenvalue weighted by molar-refractivity contribution is -0.137. The van der Waals surface area contributed by atoms with E-state index in [2.05, 4.69) is 5.32 Å². The van der Waals surface area contributed by atoms with E-state index in [1.165, 1.54) is 6.07 Å². The molecule has 0 saturated carbocycles. The molecular weight excluding hydrogens is 257 g/mol. The molecule has 0 saturated heterocycles. The van der Waals surface area contributed by atoms with Crippen LogP contribution in [-0.2, 0) is 10.9 Å². The van der Waals surface area contributed by atoms with Crippen molar-refractivity contribution in [2.45, 2.75) is 20.0 Å². The van der Waals surface area contributed by atoms with Crippen LogP contribution in [0.4, 0.5) is 24.5 Å². The standard InChI is InChI=1S/C13H19F3N2O/c1-9(2)8-19-6-5-18-12-4-3-10(7-11(12)17)13(14,15)16/h3-4,7,9,18H,5-6,8,17H2,1-2H3. The van der Waals surface area contributed by atoms with Crippen molar-refractivity contribution in [1.29, 1.82) is 0 Å². The van der Waals surface area contributed by atoms with Crippen molar-refractivity contribution in [2.75, 3.05) is 30.8 Å². The molecular formula is C13H19F3N2O. The number of nitrogens with one attached hydrogen (secondary N) is 1. The van der Waals surface area contributed by atoms with Gasteiger partial charge in [0, 0.05) is 13.2 Å². The lowest BCUT2D eigenvalue weighted by atomic mass is 10.1. The van der Waals surface area contributed by atoms with Crippen LogP contribution in [0.3, 0.4) is 0 Å². The zero-order valence-electron chi connectivity index (χ0n) is 11.1. The van der Waals surface area contributed by atoms with E-state index in [1.807, 2.05) is 13.8 Å². The molecule has 0 aliphatic carbocycles. The van der Waals surface area contributed by atoms with Crippen molar-refractivity contribution in [3.63, 3.8) is 0 Å². The van der Waals surface area contributed by atoms with Crippen LogP contribution < -0.4 is 11.1 Å². The monoisotopic (exact) mass is 276 g/mol. The van der Waals surface area contributed by atoms with Crippen LogP contribution in [0.15, 0.2) is 18.2 Å². The van der Waals surface area contributed by atoms with Gasteiger partial charge in [-0.05, 0) is 24.1 Å². The predicted molar refractivity (Wildman–Crippen MR) is 70.0 cm³/mol. The molecule has 0 atom stereocenters. The molecule has 0 aliphatic rings. The van der Waals surface area contributed by atoms with Gasteiger partial charge in [0.25, 0.3) is 0 Å². The molecule has 1 rings (SSSR count). The Morgan fingerprint density at radius 3 is 2.53 bits per heavy atom. The minimum Gasteiger partial charge on any atom is -0.397 e. The third kappa shape index (κ3) is 5.38. The van der Waals surface area contributed by atoms with Crippen LogP contribution in [0, 0.1) is 5.92 Å². The highest BCUT2D eigenvalue weighted by molar-refractivity contribution is 5.67. The normalized spacial score (nSPS) is 11.9. The second-order valence-corrected chi connectivity index (χ2v) is 4.70. The number of alkyl halides is 3. The molecule has 0 aliphatic heterocycles. The summed E-state index contributed by atoms with van der Waals surface area (Å²) in [5, 5.41) is 2.95. The van der Waals surface area contributed by atoms with Crippen molar-refractivity contribution >= 4 is 11.4 Å². The van der Waals surface area contributed by atoms with Gasteiger partial charge in [-0.3, -0.25) is 0 Å². The Labute approximate surface area is 110 Å². The summed E-state index contributed by atoms with van der Waals surface area (Å²) in [5.41, 5.74) is 5.40. The Morgan fingerprint density at radius 1 is 1.32 bits per heavy atom. The van der Waals surface area contributed by atoms with Gasteiger partial charge in [0.15, 0.2) is 0 Å². The molecule has 0 aromatic heterocycles. The number of rotatable bonds is 6. The second-order valence-electron chi connectivity index (χ2n) is 4.70. The van der Waals surface area contributed by atoms with Gasteiger partial charge in [0.1, 0.15) is 0 Å². The van der Waals surface area contributed by atoms with E-state index in [0.717, 1.165) is 12.1 Å². The summed E-state index contributed by atoms with van der Waals surface area (Å²) in [5.74, 6) is 0.455. The van der Waals surface area contributed by atoms with E-state index < -0.39 is 11.7 Å². The Bertz CT molecular complexity index is 405. The lowest BCUT2D eigenvalue weighted by Crippen LogP contribution is -2.13. The van der Waals surface area contributed by atoms with Gasteiger partial charge in [0.2, 0.25) is 0 Å². The van der Waals surface area contributed by atoms with Crippen LogP contribution in [0.25, 0.3) is 0 Å². The highest BCUT2D eigenvalue weighted by atomic mass is 19.4. The maximum absolute atomic E-state index is 12.4. The number of anilines is 2. The van der Waals surface area contributed by atoms with Gasteiger partial charge in [-0.1, -0.05) is 13.8 Å². The molecule has 0 radical (unpaired) electrons. The number of halogens is 3. The highest BCUT2D eigenvalue weighted by Gasteiger charge is 2.30. The third-order valence-corrected chi connectivity index (χ3v) is 2.39. The summed E-state index contributed by atoms with van der Waals surface area (Å²) in [4.78, 5) is 0. The quantitative estimate of drug-likeness (QED) is 0.618. The SMILES string of the molecule is CC(C)COCCNc1ccc(C(F)(F)F)cc1N. The van der Waals surface area contributed by atoms with Crippen LogP contribution in [-0.4, -0.2) is 19.8 Å². The van der Waals surface area contributed by atoms with Gasteiger partial charge < -0.3 is 15.8 Å². The number of hydrogen-bond acceptors (Lipinski definition) is 3.